The van der Waals surface area contributed by atoms with E-state index in [1.807, 2.05) is 13.0 Å². The Morgan fingerprint density at radius 3 is 2.25 bits per heavy atom. The summed E-state index contributed by atoms with van der Waals surface area (Å²) >= 11 is 0. The minimum Gasteiger partial charge on any atom is -0.596 e. The van der Waals surface area contributed by atoms with Crippen molar-refractivity contribution in [3.63, 3.8) is 0 Å². The summed E-state index contributed by atoms with van der Waals surface area (Å²) in [6.45, 7) is 0.265. The number of hydrogen-bond donors (Lipinski definition) is 0. The minimum absolute atomic E-state index is 0.186. The molecule has 2 aliphatic heterocycles. The Balaban J connectivity index is 2.34. The fourth-order valence-electron chi connectivity index (χ4n) is 2.23. The van der Waals surface area contributed by atoms with Crippen molar-refractivity contribution in [1.29, 1.82) is 0 Å². The molecule has 0 aromatic carbocycles. The zero-order valence-electron chi connectivity index (χ0n) is 9.38. The normalized spacial score (nSPS) is 38.1. The lowest BCUT2D eigenvalue weighted by atomic mass is 9.68. The molecule has 0 aliphatic carbocycles. The predicted octanol–water partition coefficient (Wildman–Crippen LogP) is 0.157. The molecule has 0 N–H and O–H groups in total. The molecule has 86 valence electrons. The molecule has 2 saturated heterocycles. The van der Waals surface area contributed by atoms with Gasteiger partial charge in [0.2, 0.25) is 0 Å². The van der Waals surface area contributed by atoms with Crippen molar-refractivity contribution in [2.24, 2.45) is 0 Å². The maximum Gasteiger partial charge on any atom is 0.607 e. The molecular formula is C10H14BNO4. The van der Waals surface area contributed by atoms with Gasteiger partial charge in [-0.05, 0) is 6.92 Å². The molecule has 2 rings (SSSR count). The monoisotopic (exact) mass is 223 g/mol. The van der Waals surface area contributed by atoms with E-state index in [9.17, 15) is 9.59 Å². The van der Waals surface area contributed by atoms with E-state index in [1.165, 1.54) is 0 Å². The first-order valence-corrected chi connectivity index (χ1v) is 5.24. The summed E-state index contributed by atoms with van der Waals surface area (Å²) in [5.41, 5.74) is 0. The van der Waals surface area contributed by atoms with Crippen LogP contribution in [0, 0.1) is 0 Å². The Hall–Kier alpha value is -1.56. The molecule has 0 atom stereocenters. The van der Waals surface area contributed by atoms with Crippen LogP contribution < -0.4 is 0 Å². The van der Waals surface area contributed by atoms with Gasteiger partial charge in [0.1, 0.15) is 13.1 Å². The van der Waals surface area contributed by atoms with Crippen molar-refractivity contribution in [2.75, 3.05) is 20.1 Å². The second-order valence-electron chi connectivity index (χ2n) is 4.41. The van der Waals surface area contributed by atoms with Gasteiger partial charge in [-0.25, -0.2) is 0 Å². The highest BCUT2D eigenvalue weighted by atomic mass is 16.7. The van der Waals surface area contributed by atoms with Crippen molar-refractivity contribution < 1.29 is 23.3 Å². The van der Waals surface area contributed by atoms with Crippen LogP contribution in [0.15, 0.2) is 24.2 Å². The number of hydrogen-bond acceptors (Lipinski definition) is 4. The molecule has 0 bridgehead atoms. The molecule has 2 aliphatic rings. The lowest BCUT2D eigenvalue weighted by molar-refractivity contribution is -0.791. The number of allylic oxidation sites excluding steroid dienone is 3. The van der Waals surface area contributed by atoms with Crippen LogP contribution in [0.5, 0.6) is 0 Å². The van der Waals surface area contributed by atoms with Crippen molar-refractivity contribution >= 4 is 18.6 Å². The van der Waals surface area contributed by atoms with E-state index in [1.54, 1.807) is 25.2 Å². The molecule has 2 fully saturated rings. The smallest absolute Gasteiger partial charge is 0.596 e. The third-order valence-electron chi connectivity index (χ3n) is 3.11. The SMILES string of the molecule is C/C=C/C=C/[B-]12OC(=O)C[N+]1(C)CC(=O)O2. The molecule has 2 heterocycles. The standard InChI is InChI=1S/C10H14BNO4/c1-3-4-5-6-11-12(2,7-9(13)15-11)8-10(14)16-11/h3-6H,7-8H2,1-2H3/b4-3+,6-5+. The third kappa shape index (κ3) is 1.46. The Kier molecular flexibility index (Phi) is 2.38. The minimum atomic E-state index is -1.99. The van der Waals surface area contributed by atoms with Crippen LogP contribution in [0.3, 0.4) is 0 Å². The number of nitrogens with zero attached hydrogens (tertiary/aromatic N) is 1. The van der Waals surface area contributed by atoms with E-state index in [-0.39, 0.29) is 29.4 Å². The van der Waals surface area contributed by atoms with Crippen LogP contribution in [0.4, 0.5) is 0 Å². The van der Waals surface area contributed by atoms with Gasteiger partial charge >= 0.3 is 18.6 Å². The summed E-state index contributed by atoms with van der Waals surface area (Å²) in [4.78, 5) is 22.7. The molecule has 0 spiro atoms. The highest BCUT2D eigenvalue weighted by Gasteiger charge is 2.63. The van der Waals surface area contributed by atoms with Gasteiger partial charge in [-0.2, -0.15) is 0 Å². The molecule has 16 heavy (non-hydrogen) atoms. The van der Waals surface area contributed by atoms with Crippen LogP contribution in [-0.4, -0.2) is 43.2 Å². The van der Waals surface area contributed by atoms with Gasteiger partial charge in [0.15, 0.2) is 0 Å². The lowest BCUT2D eigenvalue weighted by Gasteiger charge is -2.37. The number of quaternary nitrogens is 1. The first-order valence-electron chi connectivity index (χ1n) is 5.24. The summed E-state index contributed by atoms with van der Waals surface area (Å²) in [5, 5.41) is 0. The van der Waals surface area contributed by atoms with Gasteiger partial charge in [-0.3, -0.25) is 9.59 Å². The van der Waals surface area contributed by atoms with Gasteiger partial charge in [-0.1, -0.05) is 24.2 Å². The Morgan fingerprint density at radius 2 is 1.75 bits per heavy atom. The second-order valence-corrected chi connectivity index (χ2v) is 4.41. The number of fused-ring (bicyclic) bond motifs is 1. The summed E-state index contributed by atoms with van der Waals surface area (Å²) in [6.07, 6.45) is 5.40. The van der Waals surface area contributed by atoms with E-state index < -0.39 is 6.69 Å². The highest BCUT2D eigenvalue weighted by Crippen LogP contribution is 2.34. The number of rotatable bonds is 2. The molecule has 6 heteroatoms. The lowest BCUT2D eigenvalue weighted by Crippen LogP contribution is -2.58. The summed E-state index contributed by atoms with van der Waals surface area (Å²) < 4.78 is 10.6. The molecule has 0 saturated carbocycles. The van der Waals surface area contributed by atoms with E-state index >= 15 is 0 Å². The van der Waals surface area contributed by atoms with E-state index in [2.05, 4.69) is 0 Å². The summed E-state index contributed by atoms with van der Waals surface area (Å²) in [7, 11) is 1.80. The summed E-state index contributed by atoms with van der Waals surface area (Å²) in [6, 6.07) is 0. The van der Waals surface area contributed by atoms with Gasteiger partial charge in [0, 0.05) is 7.05 Å². The van der Waals surface area contributed by atoms with Crippen LogP contribution in [-0.2, 0) is 18.9 Å². The predicted molar refractivity (Wildman–Crippen MR) is 57.8 cm³/mol. The molecular weight excluding hydrogens is 209 g/mol. The van der Waals surface area contributed by atoms with Crippen LogP contribution in [0.1, 0.15) is 6.92 Å². The maximum absolute atomic E-state index is 11.3. The molecule has 0 amide bonds. The zero-order chi connectivity index (χ0) is 11.8. The topological polar surface area (TPSA) is 52.6 Å². The van der Waals surface area contributed by atoms with E-state index in [4.69, 9.17) is 9.31 Å². The van der Waals surface area contributed by atoms with Gasteiger partial charge in [0.25, 0.3) is 0 Å². The largest absolute Gasteiger partial charge is 0.607 e. The Labute approximate surface area is 93.9 Å². The first kappa shape index (κ1) is 10.9. The van der Waals surface area contributed by atoms with Gasteiger partial charge < -0.3 is 13.7 Å². The molecule has 0 unspecified atom stereocenters. The average Bonchev–Trinajstić information content (AvgIpc) is 2.49. The number of likely N-dealkylation sites (N-methyl/N-ethyl adjacent to an activating group) is 1. The average molecular weight is 223 g/mol. The van der Waals surface area contributed by atoms with Crippen LogP contribution in [0.2, 0.25) is 0 Å². The molecule has 0 aromatic heterocycles. The Morgan fingerprint density at radius 1 is 1.19 bits per heavy atom. The fourth-order valence-corrected chi connectivity index (χ4v) is 2.23. The molecule has 0 aromatic rings. The van der Waals surface area contributed by atoms with Crippen molar-refractivity contribution in [3.8, 4) is 0 Å². The highest BCUT2D eigenvalue weighted by molar-refractivity contribution is 6.71. The van der Waals surface area contributed by atoms with E-state index in [0.717, 1.165) is 0 Å². The Bertz CT molecular complexity index is 382. The second kappa shape index (κ2) is 3.48. The quantitative estimate of drug-likeness (QED) is 0.494. The number of carbonyl (C=O) groups excluding carboxylic acids is 2. The molecule has 5 nitrogen and oxygen atoms in total. The van der Waals surface area contributed by atoms with Crippen LogP contribution >= 0.6 is 0 Å². The zero-order valence-corrected chi connectivity index (χ0v) is 9.38. The first-order chi connectivity index (χ1) is 7.51. The third-order valence-corrected chi connectivity index (χ3v) is 3.11. The van der Waals surface area contributed by atoms with Gasteiger partial charge in [0.05, 0.1) is 0 Å². The van der Waals surface area contributed by atoms with Gasteiger partial charge in [-0.15, -0.1) is 0 Å². The van der Waals surface area contributed by atoms with E-state index in [0.29, 0.717) is 0 Å². The maximum atomic E-state index is 11.3. The van der Waals surface area contributed by atoms with Crippen molar-refractivity contribution in [2.45, 2.75) is 6.92 Å². The molecule has 0 radical (unpaired) electrons. The summed E-state index contributed by atoms with van der Waals surface area (Å²) in [5.74, 6) is 1.04. The number of carbonyl (C=O) groups is 2. The van der Waals surface area contributed by atoms with Crippen LogP contribution in [0.25, 0.3) is 0 Å². The van der Waals surface area contributed by atoms with Crippen molar-refractivity contribution in [1.82, 2.24) is 0 Å². The fraction of sp³-hybridized carbons (Fsp3) is 0.400. The van der Waals surface area contributed by atoms with Crippen molar-refractivity contribution in [3.05, 3.63) is 24.2 Å².